The second-order valence-electron chi connectivity index (χ2n) is 3.56. The largest absolute Gasteiger partial charge is 0.292 e. The molecular weight excluding hydrogens is 220 g/mol. The number of aryl methyl sites for hydroxylation is 1. The highest BCUT2D eigenvalue weighted by atomic mass is 32.1. The average molecular weight is 232 g/mol. The Kier molecular flexibility index (Phi) is 3.77. The summed E-state index contributed by atoms with van der Waals surface area (Å²) < 4.78 is 7.74. The number of Topliss-reactive ketones (excluding diaryl/α,β-unsaturated/α-hetero) is 1. The Bertz CT molecular complexity index is 439. The van der Waals surface area contributed by atoms with E-state index in [4.69, 9.17) is 0 Å². The summed E-state index contributed by atoms with van der Waals surface area (Å²) in [7, 11) is 0. The zero-order valence-corrected chi connectivity index (χ0v) is 9.61. The molecule has 4 heteroatoms. The van der Waals surface area contributed by atoms with Crippen molar-refractivity contribution in [1.82, 2.24) is 8.75 Å². The van der Waals surface area contributed by atoms with Gasteiger partial charge in [-0.25, -0.2) is 0 Å². The molecule has 3 nitrogen and oxygen atoms in total. The van der Waals surface area contributed by atoms with E-state index in [9.17, 15) is 4.79 Å². The third kappa shape index (κ3) is 2.97. The Balaban J connectivity index is 1.79. The first kappa shape index (κ1) is 11.0. The lowest BCUT2D eigenvalue weighted by atomic mass is 10.1. The minimum absolute atomic E-state index is 0.0877. The second kappa shape index (κ2) is 5.51. The number of ketones is 1. The Morgan fingerprint density at radius 3 is 2.75 bits per heavy atom. The van der Waals surface area contributed by atoms with E-state index >= 15 is 0 Å². The first-order valence-corrected chi connectivity index (χ1v) is 5.94. The molecule has 0 spiro atoms. The van der Waals surface area contributed by atoms with Crippen LogP contribution >= 0.6 is 11.7 Å². The average Bonchev–Trinajstić information content (AvgIpc) is 2.84. The standard InChI is InChI=1S/C12H12N2OS/c15-12(11-9-13-16-14-11)8-4-7-10-5-2-1-3-6-10/h1-3,5-6,9H,4,7-8H2. The van der Waals surface area contributed by atoms with Gasteiger partial charge >= 0.3 is 0 Å². The molecular formula is C12H12N2OS. The molecule has 0 aliphatic rings. The molecule has 1 aromatic heterocycles. The van der Waals surface area contributed by atoms with Gasteiger partial charge < -0.3 is 0 Å². The van der Waals surface area contributed by atoms with Gasteiger partial charge in [0.15, 0.2) is 5.78 Å². The van der Waals surface area contributed by atoms with E-state index in [1.54, 1.807) is 0 Å². The molecule has 2 rings (SSSR count). The van der Waals surface area contributed by atoms with Crippen LogP contribution in [0.4, 0.5) is 0 Å². The van der Waals surface area contributed by atoms with Crippen LogP contribution in [0.3, 0.4) is 0 Å². The summed E-state index contributed by atoms with van der Waals surface area (Å²) in [6.07, 6.45) is 3.88. The summed E-state index contributed by atoms with van der Waals surface area (Å²) in [5.74, 6) is 0.0877. The Morgan fingerprint density at radius 1 is 1.25 bits per heavy atom. The molecule has 0 aliphatic heterocycles. The molecule has 2 aromatic rings. The Morgan fingerprint density at radius 2 is 2.06 bits per heavy atom. The van der Waals surface area contributed by atoms with Crippen molar-refractivity contribution >= 4 is 17.5 Å². The van der Waals surface area contributed by atoms with Crippen LogP contribution in [-0.2, 0) is 6.42 Å². The van der Waals surface area contributed by atoms with Crippen LogP contribution in [0, 0.1) is 0 Å². The Labute approximate surface area is 98.5 Å². The molecule has 0 bridgehead atoms. The third-order valence-electron chi connectivity index (χ3n) is 2.36. The minimum Gasteiger partial charge on any atom is -0.292 e. The zero-order chi connectivity index (χ0) is 11.2. The summed E-state index contributed by atoms with van der Waals surface area (Å²) in [6.45, 7) is 0. The van der Waals surface area contributed by atoms with Crippen molar-refractivity contribution in [3.05, 3.63) is 47.8 Å². The fourth-order valence-electron chi connectivity index (χ4n) is 1.51. The van der Waals surface area contributed by atoms with Gasteiger partial charge in [0.05, 0.1) is 17.9 Å². The van der Waals surface area contributed by atoms with E-state index in [0.717, 1.165) is 24.6 Å². The number of carbonyl (C=O) groups excluding carboxylic acids is 1. The van der Waals surface area contributed by atoms with Crippen molar-refractivity contribution in [2.45, 2.75) is 19.3 Å². The quantitative estimate of drug-likeness (QED) is 0.744. The lowest BCUT2D eigenvalue weighted by molar-refractivity contribution is 0.0976. The molecule has 1 heterocycles. The van der Waals surface area contributed by atoms with E-state index < -0.39 is 0 Å². The molecule has 0 aliphatic carbocycles. The summed E-state index contributed by atoms with van der Waals surface area (Å²) in [6, 6.07) is 10.2. The smallest absolute Gasteiger partial charge is 0.183 e. The fraction of sp³-hybridized carbons (Fsp3) is 0.250. The van der Waals surface area contributed by atoms with Crippen molar-refractivity contribution in [1.29, 1.82) is 0 Å². The lowest BCUT2D eigenvalue weighted by Gasteiger charge is -1.99. The van der Waals surface area contributed by atoms with Gasteiger partial charge in [0.1, 0.15) is 5.69 Å². The first-order valence-electron chi connectivity index (χ1n) is 5.21. The molecule has 0 saturated heterocycles. The van der Waals surface area contributed by atoms with Crippen molar-refractivity contribution in [3.8, 4) is 0 Å². The van der Waals surface area contributed by atoms with Gasteiger partial charge in [-0.3, -0.25) is 4.79 Å². The highest BCUT2D eigenvalue weighted by molar-refractivity contribution is 6.99. The van der Waals surface area contributed by atoms with E-state index in [-0.39, 0.29) is 5.78 Å². The predicted molar refractivity (Wildman–Crippen MR) is 63.6 cm³/mol. The number of hydrogen-bond donors (Lipinski definition) is 0. The number of nitrogens with zero attached hydrogens (tertiary/aromatic N) is 2. The second-order valence-corrected chi connectivity index (χ2v) is 4.11. The van der Waals surface area contributed by atoms with Gasteiger partial charge in [-0.15, -0.1) is 0 Å². The molecule has 0 saturated carbocycles. The highest BCUT2D eigenvalue weighted by Gasteiger charge is 2.07. The van der Waals surface area contributed by atoms with Crippen LogP contribution in [-0.4, -0.2) is 14.5 Å². The van der Waals surface area contributed by atoms with Crippen LogP contribution in [0.1, 0.15) is 28.9 Å². The lowest BCUT2D eigenvalue weighted by Crippen LogP contribution is -1.99. The van der Waals surface area contributed by atoms with Crippen molar-refractivity contribution < 1.29 is 4.79 Å². The van der Waals surface area contributed by atoms with Gasteiger partial charge in [-0.2, -0.15) is 8.75 Å². The summed E-state index contributed by atoms with van der Waals surface area (Å²) in [5.41, 5.74) is 1.77. The molecule has 0 fully saturated rings. The molecule has 16 heavy (non-hydrogen) atoms. The maximum Gasteiger partial charge on any atom is 0.183 e. The number of hydrogen-bond acceptors (Lipinski definition) is 4. The normalized spacial score (nSPS) is 10.2. The topological polar surface area (TPSA) is 42.9 Å². The fourth-order valence-corrected chi connectivity index (χ4v) is 1.94. The number of carbonyl (C=O) groups is 1. The number of benzene rings is 1. The third-order valence-corrected chi connectivity index (χ3v) is 2.84. The van der Waals surface area contributed by atoms with E-state index in [1.807, 2.05) is 18.2 Å². The molecule has 0 amide bonds. The number of rotatable bonds is 5. The van der Waals surface area contributed by atoms with Crippen LogP contribution in [0.2, 0.25) is 0 Å². The molecule has 0 atom stereocenters. The summed E-state index contributed by atoms with van der Waals surface area (Å²) in [5, 5.41) is 0. The monoisotopic (exact) mass is 232 g/mol. The molecule has 0 radical (unpaired) electrons. The molecule has 0 unspecified atom stereocenters. The van der Waals surface area contributed by atoms with Gasteiger partial charge in [0.25, 0.3) is 0 Å². The van der Waals surface area contributed by atoms with Crippen molar-refractivity contribution in [2.24, 2.45) is 0 Å². The van der Waals surface area contributed by atoms with Crippen LogP contribution < -0.4 is 0 Å². The SMILES string of the molecule is O=C(CCCc1ccccc1)c1cnsn1. The summed E-state index contributed by atoms with van der Waals surface area (Å²) in [4.78, 5) is 11.6. The van der Waals surface area contributed by atoms with Gasteiger partial charge in [-0.1, -0.05) is 30.3 Å². The van der Waals surface area contributed by atoms with Crippen molar-refractivity contribution in [3.63, 3.8) is 0 Å². The molecule has 82 valence electrons. The van der Waals surface area contributed by atoms with Crippen LogP contribution in [0.5, 0.6) is 0 Å². The summed E-state index contributed by atoms with van der Waals surface area (Å²) >= 11 is 1.08. The van der Waals surface area contributed by atoms with Crippen LogP contribution in [0.15, 0.2) is 36.5 Å². The number of aromatic nitrogens is 2. The van der Waals surface area contributed by atoms with E-state index in [0.29, 0.717) is 12.1 Å². The van der Waals surface area contributed by atoms with E-state index in [1.165, 1.54) is 11.8 Å². The highest BCUT2D eigenvalue weighted by Crippen LogP contribution is 2.08. The predicted octanol–water partition coefficient (Wildman–Crippen LogP) is 2.74. The van der Waals surface area contributed by atoms with E-state index in [2.05, 4.69) is 20.9 Å². The minimum atomic E-state index is 0.0877. The van der Waals surface area contributed by atoms with Crippen LogP contribution in [0.25, 0.3) is 0 Å². The molecule has 0 N–H and O–H groups in total. The van der Waals surface area contributed by atoms with Gasteiger partial charge in [0, 0.05) is 6.42 Å². The van der Waals surface area contributed by atoms with Gasteiger partial charge in [0.2, 0.25) is 0 Å². The first-order chi connectivity index (χ1) is 7.86. The maximum atomic E-state index is 11.6. The van der Waals surface area contributed by atoms with Gasteiger partial charge in [-0.05, 0) is 18.4 Å². The maximum absolute atomic E-state index is 11.6. The molecule has 1 aromatic carbocycles. The Hall–Kier alpha value is -1.55. The zero-order valence-electron chi connectivity index (χ0n) is 8.80. The van der Waals surface area contributed by atoms with Crippen molar-refractivity contribution in [2.75, 3.05) is 0 Å².